The van der Waals surface area contributed by atoms with E-state index in [1.54, 1.807) is 24.3 Å². The van der Waals surface area contributed by atoms with Gasteiger partial charge in [0.25, 0.3) is 0 Å². The summed E-state index contributed by atoms with van der Waals surface area (Å²) < 4.78 is 15.4. The molecule has 0 spiro atoms. The molecule has 0 aliphatic heterocycles. The molecule has 0 heterocycles. The monoisotopic (exact) mass is 288 g/mol. The van der Waals surface area contributed by atoms with Crippen LogP contribution in [-0.2, 0) is 0 Å². The summed E-state index contributed by atoms with van der Waals surface area (Å²) in [5.41, 5.74) is 0.446. The summed E-state index contributed by atoms with van der Waals surface area (Å²) in [4.78, 5) is 12.6. The Morgan fingerprint density at radius 1 is 0.857 bits per heavy atom. The van der Waals surface area contributed by atoms with E-state index in [0.717, 1.165) is 0 Å². The summed E-state index contributed by atoms with van der Waals surface area (Å²) in [6.07, 6.45) is 0. The van der Waals surface area contributed by atoms with Gasteiger partial charge in [-0.15, -0.1) is 0 Å². The Hall–Kier alpha value is -2.69. The highest BCUT2D eigenvalue weighted by molar-refractivity contribution is 6.12. The van der Waals surface area contributed by atoms with Crippen molar-refractivity contribution in [1.82, 2.24) is 0 Å². The van der Waals surface area contributed by atoms with Crippen LogP contribution in [0.25, 0.3) is 0 Å². The lowest BCUT2D eigenvalue weighted by Gasteiger charge is -2.11. The molecule has 0 bridgehead atoms. The van der Waals surface area contributed by atoms with Crippen LogP contribution in [0.4, 0.5) is 0 Å². The smallest absolute Gasteiger partial charge is 0.200 e. The Labute approximate surface area is 122 Å². The van der Waals surface area contributed by atoms with Crippen LogP contribution in [0.1, 0.15) is 15.9 Å². The first kappa shape index (κ1) is 14.7. The summed E-state index contributed by atoms with van der Waals surface area (Å²) in [5.74, 6) is 0.926. The molecule has 0 aromatic heterocycles. The third-order valence-electron chi connectivity index (χ3n) is 3.10. The summed E-state index contributed by atoms with van der Waals surface area (Å²) in [6, 6.07) is 9.38. The quantitative estimate of drug-likeness (QED) is 0.857. The largest absolute Gasteiger partial charge is 0.507 e. The van der Waals surface area contributed by atoms with Gasteiger partial charge in [-0.25, -0.2) is 0 Å². The van der Waals surface area contributed by atoms with E-state index >= 15 is 0 Å². The molecule has 0 aliphatic carbocycles. The van der Waals surface area contributed by atoms with Crippen molar-refractivity contribution in [2.24, 2.45) is 0 Å². The number of phenolic OH excluding ortho intramolecular Hbond substituents is 1. The van der Waals surface area contributed by atoms with Gasteiger partial charge in [0.1, 0.15) is 23.0 Å². The Balaban J connectivity index is 2.53. The fourth-order valence-corrected chi connectivity index (χ4v) is 1.96. The van der Waals surface area contributed by atoms with Crippen molar-refractivity contribution >= 4 is 5.78 Å². The van der Waals surface area contributed by atoms with Crippen molar-refractivity contribution in [2.45, 2.75) is 0 Å². The molecule has 2 aromatic rings. The van der Waals surface area contributed by atoms with Crippen molar-refractivity contribution in [3.05, 3.63) is 47.5 Å². The molecule has 0 atom stereocenters. The first-order valence-electron chi connectivity index (χ1n) is 6.24. The molecule has 0 amide bonds. The molecule has 5 heteroatoms. The van der Waals surface area contributed by atoms with E-state index < -0.39 is 0 Å². The highest BCUT2D eigenvalue weighted by Crippen LogP contribution is 2.30. The zero-order valence-electron chi connectivity index (χ0n) is 12.0. The average molecular weight is 288 g/mol. The normalized spacial score (nSPS) is 10.0. The third-order valence-corrected chi connectivity index (χ3v) is 3.10. The number of carbonyl (C=O) groups excluding carboxylic acids is 1. The van der Waals surface area contributed by atoms with Crippen molar-refractivity contribution in [3.63, 3.8) is 0 Å². The van der Waals surface area contributed by atoms with Crippen LogP contribution >= 0.6 is 0 Å². The summed E-state index contributed by atoms with van der Waals surface area (Å²) in [6.45, 7) is 0. The second-order valence-corrected chi connectivity index (χ2v) is 4.28. The van der Waals surface area contributed by atoms with Crippen LogP contribution in [0, 0.1) is 0 Å². The molecular weight excluding hydrogens is 272 g/mol. The fourth-order valence-electron chi connectivity index (χ4n) is 1.96. The lowest BCUT2D eigenvalue weighted by Crippen LogP contribution is -2.05. The van der Waals surface area contributed by atoms with E-state index in [4.69, 9.17) is 14.2 Å². The van der Waals surface area contributed by atoms with Crippen LogP contribution < -0.4 is 14.2 Å². The topological polar surface area (TPSA) is 65.0 Å². The molecule has 0 aliphatic rings. The summed E-state index contributed by atoms with van der Waals surface area (Å²) in [5, 5.41) is 9.90. The van der Waals surface area contributed by atoms with Crippen LogP contribution in [0.15, 0.2) is 36.4 Å². The first-order valence-corrected chi connectivity index (χ1v) is 6.24. The van der Waals surface area contributed by atoms with E-state index in [1.165, 1.54) is 33.5 Å². The SMILES string of the molecule is COc1ccc(O)c(C(=O)c2cc(OC)ccc2OC)c1. The predicted octanol–water partition coefficient (Wildman–Crippen LogP) is 2.65. The lowest BCUT2D eigenvalue weighted by molar-refractivity contribution is 0.103. The molecule has 1 N–H and O–H groups in total. The number of carbonyl (C=O) groups is 1. The van der Waals surface area contributed by atoms with Crippen molar-refractivity contribution in [3.8, 4) is 23.0 Å². The summed E-state index contributed by atoms with van der Waals surface area (Å²) >= 11 is 0. The predicted molar refractivity (Wildman–Crippen MR) is 77.6 cm³/mol. The minimum atomic E-state index is -0.373. The number of methoxy groups -OCH3 is 3. The zero-order chi connectivity index (χ0) is 15.4. The molecule has 0 radical (unpaired) electrons. The van der Waals surface area contributed by atoms with Crippen LogP contribution in [0.2, 0.25) is 0 Å². The van der Waals surface area contributed by atoms with Gasteiger partial charge in [0.05, 0.1) is 32.5 Å². The average Bonchev–Trinajstić information content (AvgIpc) is 2.54. The van der Waals surface area contributed by atoms with Gasteiger partial charge in [-0.3, -0.25) is 4.79 Å². The minimum absolute atomic E-state index is 0.120. The first-order chi connectivity index (χ1) is 10.1. The number of phenols is 1. The van der Waals surface area contributed by atoms with E-state index in [0.29, 0.717) is 22.8 Å². The van der Waals surface area contributed by atoms with E-state index in [9.17, 15) is 9.90 Å². The van der Waals surface area contributed by atoms with Gasteiger partial charge < -0.3 is 19.3 Å². The zero-order valence-corrected chi connectivity index (χ0v) is 12.0. The minimum Gasteiger partial charge on any atom is -0.507 e. The van der Waals surface area contributed by atoms with E-state index in [2.05, 4.69) is 0 Å². The van der Waals surface area contributed by atoms with Gasteiger partial charge in [0.2, 0.25) is 5.78 Å². The van der Waals surface area contributed by atoms with Crippen LogP contribution in [0.3, 0.4) is 0 Å². The van der Waals surface area contributed by atoms with Gasteiger partial charge >= 0.3 is 0 Å². The molecule has 0 unspecified atom stereocenters. The van der Waals surface area contributed by atoms with Gasteiger partial charge in [0, 0.05) is 0 Å². The second-order valence-electron chi connectivity index (χ2n) is 4.28. The molecule has 5 nitrogen and oxygen atoms in total. The molecule has 0 saturated heterocycles. The highest BCUT2D eigenvalue weighted by Gasteiger charge is 2.19. The Bertz CT molecular complexity index is 664. The third kappa shape index (κ3) is 2.91. The van der Waals surface area contributed by atoms with Crippen molar-refractivity contribution in [1.29, 1.82) is 0 Å². The fraction of sp³-hybridized carbons (Fsp3) is 0.188. The Morgan fingerprint density at radius 2 is 1.43 bits per heavy atom. The number of ketones is 1. The maximum Gasteiger partial charge on any atom is 0.200 e. The van der Waals surface area contributed by atoms with Gasteiger partial charge in [-0.2, -0.15) is 0 Å². The molecule has 2 rings (SSSR count). The second kappa shape index (κ2) is 6.17. The standard InChI is InChI=1S/C16H16O5/c1-19-10-4-6-14(17)12(8-10)16(18)13-9-11(20-2)5-7-15(13)21-3/h4-9,17H,1-3H3. The lowest BCUT2D eigenvalue weighted by atomic mass is 10.0. The molecule has 110 valence electrons. The number of ether oxygens (including phenoxy) is 3. The molecule has 21 heavy (non-hydrogen) atoms. The van der Waals surface area contributed by atoms with Crippen LogP contribution in [0.5, 0.6) is 23.0 Å². The molecule has 0 fully saturated rings. The highest BCUT2D eigenvalue weighted by atomic mass is 16.5. The molecular formula is C16H16O5. The Morgan fingerprint density at radius 3 is 2.00 bits per heavy atom. The van der Waals surface area contributed by atoms with Gasteiger partial charge in [0.15, 0.2) is 0 Å². The summed E-state index contributed by atoms with van der Waals surface area (Å²) in [7, 11) is 4.48. The van der Waals surface area contributed by atoms with Crippen molar-refractivity contribution in [2.75, 3.05) is 21.3 Å². The number of aromatic hydroxyl groups is 1. The Kier molecular flexibility index (Phi) is 4.33. The number of hydrogen-bond acceptors (Lipinski definition) is 5. The number of rotatable bonds is 5. The van der Waals surface area contributed by atoms with Gasteiger partial charge in [-0.1, -0.05) is 0 Å². The molecule has 0 saturated carbocycles. The van der Waals surface area contributed by atoms with Crippen molar-refractivity contribution < 1.29 is 24.1 Å². The number of benzene rings is 2. The van der Waals surface area contributed by atoms with Crippen LogP contribution in [-0.4, -0.2) is 32.2 Å². The molecule has 2 aromatic carbocycles. The number of hydrogen-bond donors (Lipinski definition) is 1. The maximum atomic E-state index is 12.6. The van der Waals surface area contributed by atoms with E-state index in [-0.39, 0.29) is 17.1 Å². The van der Waals surface area contributed by atoms with Gasteiger partial charge in [-0.05, 0) is 36.4 Å². The maximum absolute atomic E-state index is 12.6. The van der Waals surface area contributed by atoms with E-state index in [1.807, 2.05) is 0 Å².